The summed E-state index contributed by atoms with van der Waals surface area (Å²) >= 11 is 0. The standard InChI is InChI=1S/C16H26N2/c1-3-15(14-9-5-4-6-10-14)18-12-8-7-11-16(18)13(2)17/h4-6,9-10,13,15-16H,3,7-8,11-12,17H2,1-2H3. The highest BCUT2D eigenvalue weighted by molar-refractivity contribution is 5.19. The third kappa shape index (κ3) is 2.93. The van der Waals surface area contributed by atoms with Gasteiger partial charge in [-0.3, -0.25) is 4.90 Å². The first-order chi connectivity index (χ1) is 8.74. The molecule has 0 radical (unpaired) electrons. The molecule has 1 aliphatic heterocycles. The molecule has 1 saturated heterocycles. The molecule has 0 saturated carbocycles. The van der Waals surface area contributed by atoms with Gasteiger partial charge in [0.25, 0.3) is 0 Å². The van der Waals surface area contributed by atoms with Crippen LogP contribution in [0.15, 0.2) is 30.3 Å². The fraction of sp³-hybridized carbons (Fsp3) is 0.625. The number of piperidine rings is 1. The van der Waals surface area contributed by atoms with Crippen LogP contribution in [-0.2, 0) is 0 Å². The van der Waals surface area contributed by atoms with Gasteiger partial charge >= 0.3 is 0 Å². The Labute approximate surface area is 111 Å². The average Bonchev–Trinajstić information content (AvgIpc) is 2.41. The SMILES string of the molecule is CCC(c1ccccc1)N1CCCCC1C(C)N. The Morgan fingerprint density at radius 1 is 1.28 bits per heavy atom. The highest BCUT2D eigenvalue weighted by Gasteiger charge is 2.30. The van der Waals surface area contributed by atoms with Gasteiger partial charge in [0.2, 0.25) is 0 Å². The van der Waals surface area contributed by atoms with Gasteiger partial charge in [-0.2, -0.15) is 0 Å². The van der Waals surface area contributed by atoms with Crippen LogP contribution in [0.4, 0.5) is 0 Å². The van der Waals surface area contributed by atoms with E-state index in [-0.39, 0.29) is 6.04 Å². The maximum absolute atomic E-state index is 6.19. The predicted molar refractivity (Wildman–Crippen MR) is 77.5 cm³/mol. The maximum Gasteiger partial charge on any atom is 0.0349 e. The van der Waals surface area contributed by atoms with Crippen molar-refractivity contribution >= 4 is 0 Å². The molecule has 0 amide bonds. The van der Waals surface area contributed by atoms with Crippen LogP contribution in [-0.4, -0.2) is 23.5 Å². The first-order valence-electron chi connectivity index (χ1n) is 7.30. The maximum atomic E-state index is 6.19. The van der Waals surface area contributed by atoms with E-state index in [1.165, 1.54) is 31.4 Å². The van der Waals surface area contributed by atoms with Crippen LogP contribution in [0, 0.1) is 0 Å². The van der Waals surface area contributed by atoms with Gasteiger partial charge in [-0.25, -0.2) is 0 Å². The van der Waals surface area contributed by atoms with Crippen molar-refractivity contribution in [1.82, 2.24) is 4.90 Å². The van der Waals surface area contributed by atoms with Crippen LogP contribution in [0.1, 0.15) is 51.1 Å². The second-order valence-electron chi connectivity index (χ2n) is 5.49. The number of nitrogens with two attached hydrogens (primary N) is 1. The molecule has 0 bridgehead atoms. The summed E-state index contributed by atoms with van der Waals surface area (Å²) in [5.74, 6) is 0. The van der Waals surface area contributed by atoms with Crippen LogP contribution in [0.3, 0.4) is 0 Å². The topological polar surface area (TPSA) is 29.3 Å². The minimum atomic E-state index is 0.267. The van der Waals surface area contributed by atoms with Gasteiger partial charge in [0, 0.05) is 18.1 Å². The molecule has 0 aromatic heterocycles. The van der Waals surface area contributed by atoms with E-state index in [0.29, 0.717) is 12.1 Å². The summed E-state index contributed by atoms with van der Waals surface area (Å²) in [5.41, 5.74) is 7.62. The molecule has 3 unspecified atom stereocenters. The number of benzene rings is 1. The minimum absolute atomic E-state index is 0.267. The molecule has 2 rings (SSSR count). The van der Waals surface area contributed by atoms with E-state index >= 15 is 0 Å². The fourth-order valence-electron chi connectivity index (χ4n) is 3.27. The summed E-state index contributed by atoms with van der Waals surface area (Å²) in [7, 11) is 0. The monoisotopic (exact) mass is 246 g/mol. The largest absolute Gasteiger partial charge is 0.327 e. The van der Waals surface area contributed by atoms with Crippen molar-refractivity contribution in [2.75, 3.05) is 6.54 Å². The zero-order chi connectivity index (χ0) is 13.0. The van der Waals surface area contributed by atoms with Gasteiger partial charge in [-0.05, 0) is 38.3 Å². The van der Waals surface area contributed by atoms with E-state index in [1.54, 1.807) is 0 Å². The first kappa shape index (κ1) is 13.6. The third-order valence-electron chi connectivity index (χ3n) is 4.17. The fourth-order valence-corrected chi connectivity index (χ4v) is 3.27. The van der Waals surface area contributed by atoms with Crippen molar-refractivity contribution in [3.05, 3.63) is 35.9 Å². The molecule has 1 aromatic rings. The second kappa shape index (κ2) is 6.35. The van der Waals surface area contributed by atoms with E-state index in [4.69, 9.17) is 5.73 Å². The van der Waals surface area contributed by atoms with Crippen molar-refractivity contribution in [1.29, 1.82) is 0 Å². The van der Waals surface area contributed by atoms with Crippen LogP contribution < -0.4 is 5.73 Å². The number of hydrogen-bond donors (Lipinski definition) is 1. The summed E-state index contributed by atoms with van der Waals surface area (Å²) in [4.78, 5) is 2.64. The number of likely N-dealkylation sites (tertiary alicyclic amines) is 1. The summed E-state index contributed by atoms with van der Waals surface area (Å²) in [6, 6.07) is 12.2. The van der Waals surface area contributed by atoms with E-state index in [2.05, 4.69) is 49.1 Å². The lowest BCUT2D eigenvalue weighted by atomic mass is 9.92. The Morgan fingerprint density at radius 2 is 2.00 bits per heavy atom. The van der Waals surface area contributed by atoms with E-state index in [0.717, 1.165) is 6.42 Å². The van der Waals surface area contributed by atoms with E-state index in [1.807, 2.05) is 0 Å². The van der Waals surface area contributed by atoms with E-state index in [9.17, 15) is 0 Å². The molecular weight excluding hydrogens is 220 g/mol. The molecule has 1 fully saturated rings. The van der Waals surface area contributed by atoms with Gasteiger partial charge in [-0.15, -0.1) is 0 Å². The van der Waals surface area contributed by atoms with Gasteiger partial charge in [0.1, 0.15) is 0 Å². The lowest BCUT2D eigenvalue weighted by molar-refractivity contribution is 0.0784. The Balaban J connectivity index is 2.20. The molecule has 18 heavy (non-hydrogen) atoms. The van der Waals surface area contributed by atoms with Crippen LogP contribution in [0.2, 0.25) is 0 Å². The average molecular weight is 246 g/mol. The number of hydrogen-bond acceptors (Lipinski definition) is 2. The summed E-state index contributed by atoms with van der Waals surface area (Å²) in [6.45, 7) is 5.63. The van der Waals surface area contributed by atoms with Crippen LogP contribution in [0.5, 0.6) is 0 Å². The number of nitrogens with zero attached hydrogens (tertiary/aromatic N) is 1. The molecule has 100 valence electrons. The Kier molecular flexibility index (Phi) is 4.79. The highest BCUT2D eigenvalue weighted by Crippen LogP contribution is 2.31. The quantitative estimate of drug-likeness (QED) is 0.883. The molecule has 2 N–H and O–H groups in total. The van der Waals surface area contributed by atoms with Crippen molar-refractivity contribution in [2.45, 2.75) is 57.7 Å². The van der Waals surface area contributed by atoms with Crippen molar-refractivity contribution in [3.63, 3.8) is 0 Å². The predicted octanol–water partition coefficient (Wildman–Crippen LogP) is 3.34. The first-order valence-corrected chi connectivity index (χ1v) is 7.30. The Hall–Kier alpha value is -0.860. The second-order valence-corrected chi connectivity index (χ2v) is 5.49. The molecule has 1 aromatic carbocycles. The summed E-state index contributed by atoms with van der Waals surface area (Å²) in [6.07, 6.45) is 5.05. The number of rotatable bonds is 4. The molecule has 1 heterocycles. The molecule has 2 heteroatoms. The zero-order valence-corrected chi connectivity index (χ0v) is 11.7. The summed E-state index contributed by atoms with van der Waals surface area (Å²) in [5, 5.41) is 0. The van der Waals surface area contributed by atoms with Crippen LogP contribution >= 0.6 is 0 Å². The summed E-state index contributed by atoms with van der Waals surface area (Å²) < 4.78 is 0. The molecule has 0 aliphatic carbocycles. The lowest BCUT2D eigenvalue weighted by Gasteiger charge is -2.43. The zero-order valence-electron chi connectivity index (χ0n) is 11.7. The van der Waals surface area contributed by atoms with Crippen molar-refractivity contribution in [2.24, 2.45) is 5.73 Å². The normalized spacial score (nSPS) is 24.7. The van der Waals surface area contributed by atoms with Gasteiger partial charge in [0.05, 0.1) is 0 Å². The molecule has 2 nitrogen and oxygen atoms in total. The Morgan fingerprint density at radius 3 is 2.61 bits per heavy atom. The third-order valence-corrected chi connectivity index (χ3v) is 4.17. The minimum Gasteiger partial charge on any atom is -0.327 e. The van der Waals surface area contributed by atoms with Gasteiger partial charge < -0.3 is 5.73 Å². The molecule has 3 atom stereocenters. The molecule has 1 aliphatic rings. The van der Waals surface area contributed by atoms with Gasteiger partial charge in [-0.1, -0.05) is 43.7 Å². The van der Waals surface area contributed by atoms with E-state index < -0.39 is 0 Å². The van der Waals surface area contributed by atoms with Crippen LogP contribution in [0.25, 0.3) is 0 Å². The highest BCUT2D eigenvalue weighted by atomic mass is 15.2. The van der Waals surface area contributed by atoms with Crippen molar-refractivity contribution in [3.8, 4) is 0 Å². The molecule has 0 spiro atoms. The smallest absolute Gasteiger partial charge is 0.0349 e. The lowest BCUT2D eigenvalue weighted by Crippen LogP contribution is -2.50. The van der Waals surface area contributed by atoms with Gasteiger partial charge in [0.15, 0.2) is 0 Å². The Bertz CT molecular complexity index is 347. The molecular formula is C16H26N2. The van der Waals surface area contributed by atoms with Crippen molar-refractivity contribution < 1.29 is 0 Å².